The van der Waals surface area contributed by atoms with Gasteiger partial charge in [-0.15, -0.1) is 0 Å². The van der Waals surface area contributed by atoms with E-state index in [0.717, 1.165) is 54.0 Å². The van der Waals surface area contributed by atoms with Gasteiger partial charge < -0.3 is 14.8 Å². The van der Waals surface area contributed by atoms with Gasteiger partial charge in [0, 0.05) is 36.1 Å². The van der Waals surface area contributed by atoms with Crippen molar-refractivity contribution in [1.29, 1.82) is 0 Å². The van der Waals surface area contributed by atoms with E-state index in [1.807, 2.05) is 36.4 Å². The minimum absolute atomic E-state index is 0.290. The number of hydrogen-bond acceptors (Lipinski definition) is 5. The standard InChI is InChI=1S/C23H23N3O3S/c27-22(28)11-15-7-9-26(10-8-15)14-16-13-24-20-12-17(5-6-18(16)20)29-23-25-19-3-1-2-4-21(19)30-23/h1-6,12-13,15,24H,7-11,14H2,(H,27,28). The molecule has 0 saturated carbocycles. The number of rotatable bonds is 6. The molecule has 5 rings (SSSR count). The lowest BCUT2D eigenvalue weighted by molar-refractivity contribution is -0.138. The maximum absolute atomic E-state index is 10.9. The number of aromatic amines is 1. The maximum atomic E-state index is 10.9. The molecule has 0 unspecified atom stereocenters. The molecule has 6 nitrogen and oxygen atoms in total. The molecule has 0 bridgehead atoms. The molecule has 2 N–H and O–H groups in total. The van der Waals surface area contributed by atoms with Crippen molar-refractivity contribution in [1.82, 2.24) is 14.9 Å². The number of hydrogen-bond donors (Lipinski definition) is 2. The van der Waals surface area contributed by atoms with Gasteiger partial charge >= 0.3 is 5.97 Å². The van der Waals surface area contributed by atoms with Gasteiger partial charge in [-0.1, -0.05) is 23.5 Å². The summed E-state index contributed by atoms with van der Waals surface area (Å²) in [5.74, 6) is 0.391. The quantitative estimate of drug-likeness (QED) is 0.444. The van der Waals surface area contributed by atoms with Gasteiger partial charge in [-0.3, -0.25) is 9.69 Å². The van der Waals surface area contributed by atoms with Crippen molar-refractivity contribution in [2.75, 3.05) is 13.1 Å². The molecule has 7 heteroatoms. The molecular weight excluding hydrogens is 398 g/mol. The van der Waals surface area contributed by atoms with Crippen LogP contribution >= 0.6 is 11.3 Å². The molecule has 1 saturated heterocycles. The summed E-state index contributed by atoms with van der Waals surface area (Å²) >= 11 is 1.54. The van der Waals surface area contributed by atoms with Gasteiger partial charge in [-0.05, 0) is 61.7 Å². The van der Waals surface area contributed by atoms with Crippen molar-refractivity contribution in [2.45, 2.75) is 25.8 Å². The summed E-state index contributed by atoms with van der Waals surface area (Å²) in [6, 6.07) is 14.1. The molecule has 30 heavy (non-hydrogen) atoms. The van der Waals surface area contributed by atoms with Crippen LogP contribution in [0, 0.1) is 5.92 Å². The van der Waals surface area contributed by atoms with E-state index in [0.29, 0.717) is 17.5 Å². The minimum atomic E-state index is -0.686. The number of aromatic nitrogens is 2. The van der Waals surface area contributed by atoms with E-state index >= 15 is 0 Å². The summed E-state index contributed by atoms with van der Waals surface area (Å²) in [6.45, 7) is 2.77. The first kappa shape index (κ1) is 19.1. The Balaban J connectivity index is 1.26. The predicted molar refractivity (Wildman–Crippen MR) is 118 cm³/mol. The average molecular weight is 422 g/mol. The number of likely N-dealkylation sites (tertiary alicyclic amines) is 1. The molecule has 0 aliphatic carbocycles. The smallest absolute Gasteiger partial charge is 0.303 e. The molecule has 4 aromatic rings. The fourth-order valence-corrected chi connectivity index (χ4v) is 5.03. The third-order valence-electron chi connectivity index (χ3n) is 5.78. The number of ether oxygens (including phenoxy) is 1. The first-order valence-corrected chi connectivity index (χ1v) is 11.0. The molecule has 0 spiro atoms. The molecule has 0 atom stereocenters. The molecular formula is C23H23N3O3S. The maximum Gasteiger partial charge on any atom is 0.303 e. The lowest BCUT2D eigenvalue weighted by atomic mass is 9.93. The zero-order chi connectivity index (χ0) is 20.5. The summed E-state index contributed by atoms with van der Waals surface area (Å²) in [7, 11) is 0. The Morgan fingerprint density at radius 1 is 1.23 bits per heavy atom. The van der Waals surface area contributed by atoms with Crippen molar-refractivity contribution in [3.05, 3.63) is 54.2 Å². The number of piperidine rings is 1. The third kappa shape index (κ3) is 4.04. The Hall–Kier alpha value is -2.90. The van der Waals surface area contributed by atoms with Gasteiger partial charge in [0.05, 0.1) is 10.2 Å². The van der Waals surface area contributed by atoms with Crippen molar-refractivity contribution in [3.63, 3.8) is 0 Å². The molecule has 3 heterocycles. The van der Waals surface area contributed by atoms with Gasteiger partial charge in [0.25, 0.3) is 5.19 Å². The fourth-order valence-electron chi connectivity index (χ4n) is 4.19. The van der Waals surface area contributed by atoms with Crippen LogP contribution in [0.5, 0.6) is 10.9 Å². The van der Waals surface area contributed by atoms with E-state index < -0.39 is 5.97 Å². The molecule has 0 amide bonds. The van der Waals surface area contributed by atoms with Crippen LogP contribution in [0.15, 0.2) is 48.7 Å². The predicted octanol–water partition coefficient (Wildman–Crippen LogP) is 5.26. The zero-order valence-corrected chi connectivity index (χ0v) is 17.3. The topological polar surface area (TPSA) is 78.5 Å². The first-order chi connectivity index (χ1) is 14.6. The van der Waals surface area contributed by atoms with Crippen molar-refractivity contribution < 1.29 is 14.6 Å². The second kappa shape index (κ2) is 8.08. The summed E-state index contributed by atoms with van der Waals surface area (Å²) in [5, 5.41) is 10.8. The first-order valence-electron chi connectivity index (χ1n) is 10.2. The summed E-state index contributed by atoms with van der Waals surface area (Å²) < 4.78 is 7.12. The number of para-hydroxylation sites is 1. The number of benzene rings is 2. The number of nitrogens with one attached hydrogen (secondary N) is 1. The molecule has 0 radical (unpaired) electrons. The minimum Gasteiger partial charge on any atom is -0.481 e. The number of thiazole rings is 1. The van der Waals surface area contributed by atoms with Crippen LogP contribution in [0.2, 0.25) is 0 Å². The average Bonchev–Trinajstić information content (AvgIpc) is 3.32. The highest BCUT2D eigenvalue weighted by atomic mass is 32.1. The Kier molecular flexibility index (Phi) is 5.14. The van der Waals surface area contributed by atoms with Crippen LogP contribution in [-0.2, 0) is 11.3 Å². The Morgan fingerprint density at radius 2 is 2.07 bits per heavy atom. The monoisotopic (exact) mass is 421 g/mol. The highest BCUT2D eigenvalue weighted by molar-refractivity contribution is 7.20. The number of carboxylic acid groups (broad SMARTS) is 1. The largest absolute Gasteiger partial charge is 0.481 e. The van der Waals surface area contributed by atoms with E-state index in [2.05, 4.69) is 27.1 Å². The summed E-state index contributed by atoms with van der Waals surface area (Å²) in [4.78, 5) is 21.2. The van der Waals surface area contributed by atoms with Gasteiger partial charge in [-0.2, -0.15) is 0 Å². The van der Waals surface area contributed by atoms with Crippen LogP contribution < -0.4 is 4.74 Å². The number of carboxylic acids is 1. The molecule has 1 aliphatic rings. The Labute approximate surface area is 178 Å². The van der Waals surface area contributed by atoms with E-state index in [9.17, 15) is 4.79 Å². The van der Waals surface area contributed by atoms with Crippen molar-refractivity contribution in [3.8, 4) is 10.9 Å². The van der Waals surface area contributed by atoms with Gasteiger partial charge in [0.2, 0.25) is 0 Å². The molecule has 1 fully saturated rings. The van der Waals surface area contributed by atoms with Crippen LogP contribution in [0.3, 0.4) is 0 Å². The van der Waals surface area contributed by atoms with Crippen LogP contribution in [0.4, 0.5) is 0 Å². The van der Waals surface area contributed by atoms with E-state index in [4.69, 9.17) is 9.84 Å². The van der Waals surface area contributed by atoms with Gasteiger partial charge in [-0.25, -0.2) is 4.98 Å². The Morgan fingerprint density at radius 3 is 2.87 bits per heavy atom. The molecule has 154 valence electrons. The van der Waals surface area contributed by atoms with Gasteiger partial charge in [0.1, 0.15) is 5.75 Å². The second-order valence-electron chi connectivity index (χ2n) is 7.89. The zero-order valence-electron chi connectivity index (χ0n) is 16.5. The lowest BCUT2D eigenvalue weighted by Gasteiger charge is -2.31. The number of carbonyl (C=O) groups is 1. The van der Waals surface area contributed by atoms with Crippen LogP contribution in [-0.4, -0.2) is 39.0 Å². The highest BCUT2D eigenvalue weighted by Gasteiger charge is 2.22. The highest BCUT2D eigenvalue weighted by Crippen LogP contribution is 2.33. The Bertz CT molecular complexity index is 1160. The number of aliphatic carboxylic acids is 1. The van der Waals surface area contributed by atoms with Crippen molar-refractivity contribution >= 4 is 38.4 Å². The summed E-state index contributed by atoms with van der Waals surface area (Å²) in [5.41, 5.74) is 3.26. The number of fused-ring (bicyclic) bond motifs is 2. The second-order valence-corrected chi connectivity index (χ2v) is 8.88. The SMILES string of the molecule is O=C(O)CC1CCN(Cc2c[nH]c3cc(Oc4nc5ccccc5s4)ccc23)CC1. The van der Waals surface area contributed by atoms with Gasteiger partial charge in [0.15, 0.2) is 0 Å². The fraction of sp³-hybridized carbons (Fsp3) is 0.304. The number of H-pyrrole nitrogens is 1. The van der Waals surface area contributed by atoms with Crippen LogP contribution in [0.25, 0.3) is 21.1 Å². The number of nitrogens with zero attached hydrogens (tertiary/aromatic N) is 2. The van der Waals surface area contributed by atoms with E-state index in [-0.39, 0.29) is 0 Å². The third-order valence-corrected chi connectivity index (χ3v) is 6.70. The van der Waals surface area contributed by atoms with E-state index in [1.165, 1.54) is 10.9 Å². The van der Waals surface area contributed by atoms with Crippen molar-refractivity contribution in [2.24, 2.45) is 5.92 Å². The molecule has 2 aromatic heterocycles. The summed E-state index contributed by atoms with van der Waals surface area (Å²) in [6.07, 6.45) is 4.26. The van der Waals surface area contributed by atoms with E-state index in [1.54, 1.807) is 11.3 Å². The lowest BCUT2D eigenvalue weighted by Crippen LogP contribution is -2.33. The molecule has 2 aromatic carbocycles. The van der Waals surface area contributed by atoms with Crippen LogP contribution in [0.1, 0.15) is 24.8 Å². The molecule has 1 aliphatic heterocycles. The normalized spacial score (nSPS) is 15.7.